The van der Waals surface area contributed by atoms with Crippen LogP contribution in [-0.2, 0) is 9.53 Å². The average Bonchev–Trinajstić information content (AvgIpc) is 3.15. The number of esters is 1. The number of thiazole rings is 1. The summed E-state index contributed by atoms with van der Waals surface area (Å²) in [5.41, 5.74) is 1.75. The molecular weight excluding hydrogens is 628 g/mol. The van der Waals surface area contributed by atoms with Gasteiger partial charge in [-0.25, -0.2) is 9.79 Å². The summed E-state index contributed by atoms with van der Waals surface area (Å²) < 4.78 is 19.7. The van der Waals surface area contributed by atoms with Crippen molar-refractivity contribution in [3.05, 3.63) is 81.4 Å². The number of carbonyl (C=O) groups is 1. The zero-order chi connectivity index (χ0) is 26.9. The van der Waals surface area contributed by atoms with Gasteiger partial charge in [0.05, 0.1) is 46.6 Å². The maximum absolute atomic E-state index is 13.8. The Balaban J connectivity index is 2.00. The number of phenols is 1. The highest BCUT2D eigenvalue weighted by Gasteiger charge is 2.35. The molecule has 194 valence electrons. The Labute approximate surface area is 233 Å². The molecular formula is C26H24Br2N2O6S. The quantitative estimate of drug-likeness (QED) is 0.380. The largest absolute Gasteiger partial charge is 0.507 e. The molecule has 1 aliphatic rings. The highest BCUT2D eigenvalue weighted by molar-refractivity contribution is 9.10. The number of aromatic hydroxyl groups is 1. The van der Waals surface area contributed by atoms with Gasteiger partial charge in [0.25, 0.3) is 5.56 Å². The third kappa shape index (κ3) is 5.25. The van der Waals surface area contributed by atoms with E-state index in [9.17, 15) is 14.7 Å². The van der Waals surface area contributed by atoms with Gasteiger partial charge < -0.3 is 19.3 Å². The van der Waals surface area contributed by atoms with Gasteiger partial charge in [-0.3, -0.25) is 9.36 Å². The smallest absolute Gasteiger partial charge is 0.338 e. The highest BCUT2D eigenvalue weighted by atomic mass is 79.9. The Morgan fingerprint density at radius 2 is 1.92 bits per heavy atom. The SMILES string of the molecule is CCOC(=O)C1=C(C)N=c2s/c(=C/c3ccc(O)c(Br)c3)c(=O)n2[C@@H]1c1cc(OC)c(OCC)cc1Br. The normalized spacial score (nSPS) is 15.3. The summed E-state index contributed by atoms with van der Waals surface area (Å²) in [6.07, 6.45) is 1.72. The maximum atomic E-state index is 13.8. The number of hydrogen-bond acceptors (Lipinski definition) is 8. The number of allylic oxidation sites excluding steroid dienone is 1. The summed E-state index contributed by atoms with van der Waals surface area (Å²) in [6, 6.07) is 7.67. The molecule has 37 heavy (non-hydrogen) atoms. The van der Waals surface area contributed by atoms with Crippen molar-refractivity contribution in [2.45, 2.75) is 26.8 Å². The van der Waals surface area contributed by atoms with Crippen molar-refractivity contribution in [2.24, 2.45) is 4.99 Å². The van der Waals surface area contributed by atoms with E-state index in [1.54, 1.807) is 50.3 Å². The molecule has 4 rings (SSSR count). The fourth-order valence-electron chi connectivity index (χ4n) is 4.04. The third-order valence-electron chi connectivity index (χ3n) is 5.66. The van der Waals surface area contributed by atoms with Crippen molar-refractivity contribution in [1.82, 2.24) is 4.57 Å². The number of nitrogens with zero attached hydrogens (tertiary/aromatic N) is 2. The van der Waals surface area contributed by atoms with E-state index < -0.39 is 12.0 Å². The van der Waals surface area contributed by atoms with Gasteiger partial charge in [-0.15, -0.1) is 0 Å². The first-order valence-electron chi connectivity index (χ1n) is 11.4. The van der Waals surface area contributed by atoms with Crippen LogP contribution in [0.5, 0.6) is 17.2 Å². The molecule has 8 nitrogen and oxygen atoms in total. The van der Waals surface area contributed by atoms with Crippen LogP contribution < -0.4 is 24.4 Å². The number of hydrogen-bond donors (Lipinski definition) is 1. The number of benzene rings is 2. The molecule has 1 aliphatic heterocycles. The first-order valence-corrected chi connectivity index (χ1v) is 13.8. The summed E-state index contributed by atoms with van der Waals surface area (Å²) in [5.74, 6) is 0.547. The molecule has 0 spiro atoms. The van der Waals surface area contributed by atoms with Crippen LogP contribution in [0.1, 0.15) is 37.9 Å². The number of rotatable bonds is 7. The summed E-state index contributed by atoms with van der Waals surface area (Å²) in [7, 11) is 1.53. The maximum Gasteiger partial charge on any atom is 0.338 e. The number of halogens is 2. The summed E-state index contributed by atoms with van der Waals surface area (Å²) >= 11 is 8.14. The summed E-state index contributed by atoms with van der Waals surface area (Å²) in [5, 5.41) is 9.82. The number of methoxy groups -OCH3 is 1. The van der Waals surface area contributed by atoms with Crippen molar-refractivity contribution < 1.29 is 24.1 Å². The van der Waals surface area contributed by atoms with E-state index in [2.05, 4.69) is 36.9 Å². The third-order valence-corrected chi connectivity index (χ3v) is 7.97. The van der Waals surface area contributed by atoms with Crippen LogP contribution in [0.25, 0.3) is 6.08 Å². The lowest BCUT2D eigenvalue weighted by Gasteiger charge is -2.26. The molecule has 0 fully saturated rings. The van der Waals surface area contributed by atoms with Crippen LogP contribution >= 0.6 is 43.2 Å². The number of phenolic OH excluding ortho intramolecular Hbond substituents is 1. The Hall–Kier alpha value is -2.89. The molecule has 1 atom stereocenters. The van der Waals surface area contributed by atoms with Crippen LogP contribution in [0, 0.1) is 0 Å². The Kier molecular flexibility index (Phi) is 8.25. The van der Waals surface area contributed by atoms with Crippen LogP contribution in [0.15, 0.2) is 60.3 Å². The molecule has 0 unspecified atom stereocenters. The molecule has 11 heteroatoms. The number of carbonyl (C=O) groups excluding carboxylic acids is 1. The van der Waals surface area contributed by atoms with Gasteiger partial charge in [0.2, 0.25) is 0 Å². The lowest BCUT2D eigenvalue weighted by Crippen LogP contribution is -2.40. The Morgan fingerprint density at radius 3 is 2.57 bits per heavy atom. The van der Waals surface area contributed by atoms with E-state index in [0.717, 1.165) is 5.56 Å². The fourth-order valence-corrected chi connectivity index (χ4v) is 6.02. The molecule has 0 saturated heterocycles. The summed E-state index contributed by atoms with van der Waals surface area (Å²) in [4.78, 5) is 32.0. The number of ether oxygens (including phenoxy) is 3. The molecule has 2 heterocycles. The van der Waals surface area contributed by atoms with Gasteiger partial charge in [-0.05, 0) is 78.2 Å². The van der Waals surface area contributed by atoms with Crippen molar-refractivity contribution in [3.63, 3.8) is 0 Å². The van der Waals surface area contributed by atoms with Gasteiger partial charge in [-0.2, -0.15) is 0 Å². The van der Waals surface area contributed by atoms with E-state index in [1.165, 1.54) is 23.0 Å². The second kappa shape index (κ2) is 11.2. The van der Waals surface area contributed by atoms with E-state index >= 15 is 0 Å². The molecule has 3 aromatic rings. The van der Waals surface area contributed by atoms with E-state index in [-0.39, 0.29) is 23.5 Å². The minimum absolute atomic E-state index is 0.0996. The standard InChI is InChI=1S/C26H24Br2N2O6S/c1-5-35-20-12-16(27)15(11-19(20)34-4)23-22(25(33)36-6-2)13(3)29-26-30(23)24(32)21(37-26)10-14-7-8-18(31)17(28)9-14/h7-12,23,31H,5-6H2,1-4H3/b21-10+/t23-/m1/s1. The second-order valence-electron chi connectivity index (χ2n) is 7.97. The molecule has 0 amide bonds. The lowest BCUT2D eigenvalue weighted by molar-refractivity contribution is -0.139. The first-order chi connectivity index (χ1) is 17.7. The highest BCUT2D eigenvalue weighted by Crippen LogP contribution is 2.41. The van der Waals surface area contributed by atoms with Crippen LogP contribution in [0.4, 0.5) is 0 Å². The number of aromatic nitrogens is 1. The van der Waals surface area contributed by atoms with E-state index in [0.29, 0.717) is 47.6 Å². The van der Waals surface area contributed by atoms with Gasteiger partial charge >= 0.3 is 5.97 Å². The predicted molar refractivity (Wildman–Crippen MR) is 148 cm³/mol. The van der Waals surface area contributed by atoms with Crippen molar-refractivity contribution >= 4 is 55.2 Å². The predicted octanol–water partition coefficient (Wildman–Crippen LogP) is 4.44. The summed E-state index contributed by atoms with van der Waals surface area (Å²) in [6.45, 7) is 5.95. The molecule has 0 radical (unpaired) electrons. The second-order valence-corrected chi connectivity index (χ2v) is 10.7. The zero-order valence-electron chi connectivity index (χ0n) is 20.5. The van der Waals surface area contributed by atoms with Gasteiger partial charge in [-0.1, -0.05) is 33.3 Å². The molecule has 2 aromatic carbocycles. The monoisotopic (exact) mass is 650 g/mol. The van der Waals surface area contributed by atoms with Gasteiger partial charge in [0.1, 0.15) is 5.75 Å². The Bertz CT molecular complexity index is 1590. The van der Waals surface area contributed by atoms with Crippen LogP contribution in [0.2, 0.25) is 0 Å². The fraction of sp³-hybridized carbons (Fsp3) is 0.269. The topological polar surface area (TPSA) is 99.4 Å². The molecule has 0 bridgehead atoms. The molecule has 1 N–H and O–H groups in total. The lowest BCUT2D eigenvalue weighted by atomic mass is 9.95. The minimum atomic E-state index is -0.817. The zero-order valence-corrected chi connectivity index (χ0v) is 24.5. The van der Waals surface area contributed by atoms with Crippen molar-refractivity contribution in [3.8, 4) is 17.2 Å². The van der Waals surface area contributed by atoms with E-state index in [1.807, 2.05) is 6.92 Å². The molecule has 0 saturated carbocycles. The van der Waals surface area contributed by atoms with Crippen molar-refractivity contribution in [1.29, 1.82) is 0 Å². The van der Waals surface area contributed by atoms with Crippen LogP contribution in [-0.4, -0.2) is 36.0 Å². The van der Waals surface area contributed by atoms with Crippen molar-refractivity contribution in [2.75, 3.05) is 20.3 Å². The average molecular weight is 652 g/mol. The first kappa shape index (κ1) is 27.2. The van der Waals surface area contributed by atoms with Gasteiger partial charge in [0, 0.05) is 4.47 Å². The van der Waals surface area contributed by atoms with Crippen LogP contribution in [0.3, 0.4) is 0 Å². The number of fused-ring (bicyclic) bond motifs is 1. The minimum Gasteiger partial charge on any atom is -0.507 e. The Morgan fingerprint density at radius 1 is 1.16 bits per heavy atom. The molecule has 0 aliphatic carbocycles. The van der Waals surface area contributed by atoms with Gasteiger partial charge in [0.15, 0.2) is 16.3 Å². The van der Waals surface area contributed by atoms with E-state index in [4.69, 9.17) is 14.2 Å². The molecule has 1 aromatic heterocycles.